The van der Waals surface area contributed by atoms with Crippen LogP contribution in [0.4, 0.5) is 5.69 Å². The molecule has 0 saturated carbocycles. The molecule has 0 radical (unpaired) electrons. The van der Waals surface area contributed by atoms with Gasteiger partial charge in [-0.05, 0) is 29.5 Å². The number of non-ortho nitro benzene ring substituents is 1. The van der Waals surface area contributed by atoms with Crippen LogP contribution < -0.4 is 0 Å². The van der Waals surface area contributed by atoms with Gasteiger partial charge in [-0.25, -0.2) is 0 Å². The smallest absolute Gasteiger partial charge is 0.269 e. The molecule has 0 fully saturated rings. The van der Waals surface area contributed by atoms with Crippen LogP contribution >= 0.6 is 0 Å². The fourth-order valence-corrected chi connectivity index (χ4v) is 2.92. The third-order valence-corrected chi connectivity index (χ3v) is 4.05. The van der Waals surface area contributed by atoms with Crippen LogP contribution in [0.1, 0.15) is 29.0 Å². The summed E-state index contributed by atoms with van der Waals surface area (Å²) < 4.78 is 0. The first-order chi connectivity index (χ1) is 10.1. The fraction of sp³-hybridized carbons (Fsp3) is 0.235. The molecule has 4 heteroatoms. The zero-order valence-corrected chi connectivity index (χ0v) is 11.5. The predicted molar refractivity (Wildman–Crippen MR) is 79.3 cm³/mol. The Labute approximate surface area is 122 Å². The zero-order valence-electron chi connectivity index (χ0n) is 11.5. The first-order valence-corrected chi connectivity index (χ1v) is 6.99. The maximum atomic E-state index is 12.2. The van der Waals surface area contributed by atoms with Gasteiger partial charge < -0.3 is 0 Å². The van der Waals surface area contributed by atoms with Gasteiger partial charge in [0.25, 0.3) is 5.69 Å². The lowest BCUT2D eigenvalue weighted by molar-refractivity contribution is -0.384. The molecule has 3 rings (SSSR count). The molecule has 1 aliphatic carbocycles. The zero-order chi connectivity index (χ0) is 14.8. The number of nitro groups is 1. The monoisotopic (exact) mass is 281 g/mol. The molecule has 0 aromatic heterocycles. The maximum absolute atomic E-state index is 12.2. The molecule has 1 unspecified atom stereocenters. The summed E-state index contributed by atoms with van der Waals surface area (Å²) >= 11 is 0. The standard InChI is InChI=1S/C17H15NO3/c19-17-10-7-13-3-1-2-4-15(13)16(17)11-12-5-8-14(9-6-12)18(20)21/h1-6,8-9,16H,7,10-11H2. The number of rotatable bonds is 3. The first-order valence-electron chi connectivity index (χ1n) is 6.99. The van der Waals surface area contributed by atoms with E-state index in [0.29, 0.717) is 12.8 Å². The molecule has 0 amide bonds. The van der Waals surface area contributed by atoms with Crippen LogP contribution in [-0.4, -0.2) is 10.7 Å². The average molecular weight is 281 g/mol. The number of Topliss-reactive ketones (excluding diaryl/α,β-unsaturated/α-hetero) is 1. The molecular formula is C17H15NO3. The number of carbonyl (C=O) groups excluding carboxylic acids is 1. The Morgan fingerprint density at radius 3 is 2.48 bits per heavy atom. The van der Waals surface area contributed by atoms with Gasteiger partial charge in [-0.1, -0.05) is 36.4 Å². The molecule has 106 valence electrons. The molecule has 4 nitrogen and oxygen atoms in total. The minimum Gasteiger partial charge on any atom is -0.299 e. The fourth-order valence-electron chi connectivity index (χ4n) is 2.92. The Bertz CT molecular complexity index is 691. The van der Waals surface area contributed by atoms with Crippen molar-refractivity contribution in [3.05, 3.63) is 75.3 Å². The Morgan fingerprint density at radius 1 is 1.05 bits per heavy atom. The van der Waals surface area contributed by atoms with E-state index < -0.39 is 4.92 Å². The minimum absolute atomic E-state index is 0.0779. The number of hydrogen-bond donors (Lipinski definition) is 0. The van der Waals surface area contributed by atoms with Crippen molar-refractivity contribution in [3.8, 4) is 0 Å². The molecule has 0 spiro atoms. The summed E-state index contributed by atoms with van der Waals surface area (Å²) in [5.41, 5.74) is 3.38. The highest BCUT2D eigenvalue weighted by molar-refractivity contribution is 5.88. The van der Waals surface area contributed by atoms with E-state index in [9.17, 15) is 14.9 Å². The van der Waals surface area contributed by atoms with Gasteiger partial charge in [0.05, 0.1) is 4.92 Å². The number of benzene rings is 2. The van der Waals surface area contributed by atoms with E-state index in [1.54, 1.807) is 12.1 Å². The molecule has 0 saturated heterocycles. The highest BCUT2D eigenvalue weighted by Gasteiger charge is 2.27. The minimum atomic E-state index is -0.412. The predicted octanol–water partition coefficient (Wildman–Crippen LogP) is 3.44. The topological polar surface area (TPSA) is 60.2 Å². The summed E-state index contributed by atoms with van der Waals surface area (Å²) in [7, 11) is 0. The third kappa shape index (κ3) is 2.70. The molecule has 0 bridgehead atoms. The van der Waals surface area contributed by atoms with Crippen molar-refractivity contribution in [2.75, 3.05) is 0 Å². The summed E-state index contributed by atoms with van der Waals surface area (Å²) in [4.78, 5) is 22.5. The van der Waals surface area contributed by atoms with Crippen LogP contribution in [0.15, 0.2) is 48.5 Å². The van der Waals surface area contributed by atoms with Crippen LogP contribution in [-0.2, 0) is 17.6 Å². The summed E-state index contributed by atoms with van der Waals surface area (Å²) in [6.07, 6.45) is 1.99. The molecule has 1 atom stereocenters. The molecule has 21 heavy (non-hydrogen) atoms. The molecular weight excluding hydrogens is 266 g/mol. The van der Waals surface area contributed by atoms with Crippen LogP contribution in [0.25, 0.3) is 0 Å². The van der Waals surface area contributed by atoms with Gasteiger partial charge in [0, 0.05) is 24.5 Å². The summed E-state index contributed by atoms with van der Waals surface area (Å²) in [5, 5.41) is 10.7. The Kier molecular flexibility index (Phi) is 3.52. The van der Waals surface area contributed by atoms with Crippen molar-refractivity contribution in [2.45, 2.75) is 25.2 Å². The molecule has 2 aromatic rings. The van der Waals surface area contributed by atoms with E-state index in [1.165, 1.54) is 17.7 Å². The second-order valence-corrected chi connectivity index (χ2v) is 5.35. The summed E-state index contributed by atoms with van der Waals surface area (Å²) in [5.74, 6) is 0.128. The van der Waals surface area contributed by atoms with Gasteiger partial charge in [-0.15, -0.1) is 0 Å². The summed E-state index contributed by atoms with van der Waals surface area (Å²) in [6, 6.07) is 14.5. The lowest BCUT2D eigenvalue weighted by Gasteiger charge is -2.24. The van der Waals surface area contributed by atoms with Gasteiger partial charge in [-0.3, -0.25) is 14.9 Å². The van der Waals surface area contributed by atoms with Gasteiger partial charge >= 0.3 is 0 Å². The normalized spacial score (nSPS) is 17.3. The quantitative estimate of drug-likeness (QED) is 0.639. The molecule has 1 aliphatic rings. The number of carbonyl (C=O) groups is 1. The van der Waals surface area contributed by atoms with E-state index in [2.05, 4.69) is 6.07 Å². The van der Waals surface area contributed by atoms with Gasteiger partial charge in [-0.2, -0.15) is 0 Å². The van der Waals surface area contributed by atoms with Crippen molar-refractivity contribution >= 4 is 11.5 Å². The van der Waals surface area contributed by atoms with Crippen molar-refractivity contribution < 1.29 is 9.72 Å². The number of nitro benzene ring substituents is 1. The number of hydrogen-bond acceptors (Lipinski definition) is 3. The number of ketones is 1. The van der Waals surface area contributed by atoms with Gasteiger partial charge in [0.1, 0.15) is 5.78 Å². The Hall–Kier alpha value is -2.49. The Morgan fingerprint density at radius 2 is 1.76 bits per heavy atom. The van der Waals surface area contributed by atoms with Crippen molar-refractivity contribution in [3.63, 3.8) is 0 Å². The second kappa shape index (κ2) is 5.48. The lowest BCUT2D eigenvalue weighted by Crippen LogP contribution is -2.22. The molecule has 0 heterocycles. The second-order valence-electron chi connectivity index (χ2n) is 5.35. The molecule has 0 N–H and O–H groups in total. The van der Waals surface area contributed by atoms with E-state index in [0.717, 1.165) is 17.5 Å². The van der Waals surface area contributed by atoms with Crippen molar-refractivity contribution in [2.24, 2.45) is 0 Å². The van der Waals surface area contributed by atoms with Gasteiger partial charge in [0.2, 0.25) is 0 Å². The third-order valence-electron chi connectivity index (χ3n) is 4.05. The highest BCUT2D eigenvalue weighted by atomic mass is 16.6. The van der Waals surface area contributed by atoms with E-state index >= 15 is 0 Å². The maximum Gasteiger partial charge on any atom is 0.269 e. The highest BCUT2D eigenvalue weighted by Crippen LogP contribution is 2.31. The number of nitrogens with zero attached hydrogens (tertiary/aromatic N) is 1. The lowest BCUT2D eigenvalue weighted by atomic mass is 9.79. The van der Waals surface area contributed by atoms with E-state index in [-0.39, 0.29) is 17.4 Å². The van der Waals surface area contributed by atoms with E-state index in [4.69, 9.17) is 0 Å². The average Bonchev–Trinajstić information content (AvgIpc) is 2.51. The van der Waals surface area contributed by atoms with E-state index in [1.807, 2.05) is 18.2 Å². The van der Waals surface area contributed by atoms with Crippen LogP contribution in [0, 0.1) is 10.1 Å². The van der Waals surface area contributed by atoms with Crippen LogP contribution in [0.2, 0.25) is 0 Å². The van der Waals surface area contributed by atoms with Gasteiger partial charge in [0.15, 0.2) is 0 Å². The van der Waals surface area contributed by atoms with Crippen LogP contribution in [0.3, 0.4) is 0 Å². The molecule has 2 aromatic carbocycles. The Balaban J connectivity index is 1.87. The summed E-state index contributed by atoms with van der Waals surface area (Å²) in [6.45, 7) is 0. The van der Waals surface area contributed by atoms with Crippen LogP contribution in [0.5, 0.6) is 0 Å². The SMILES string of the molecule is O=C1CCc2ccccc2C1Cc1ccc([N+](=O)[O-])cc1. The number of aryl methyl sites for hydroxylation is 1. The first kappa shape index (κ1) is 13.5. The number of fused-ring (bicyclic) bond motifs is 1. The molecule has 0 aliphatic heterocycles. The van der Waals surface area contributed by atoms with Crippen molar-refractivity contribution in [1.29, 1.82) is 0 Å². The van der Waals surface area contributed by atoms with Crippen molar-refractivity contribution in [1.82, 2.24) is 0 Å². The largest absolute Gasteiger partial charge is 0.299 e.